The van der Waals surface area contributed by atoms with Gasteiger partial charge in [0.2, 0.25) is 0 Å². The lowest BCUT2D eigenvalue weighted by Crippen LogP contribution is -2.39. The number of rotatable bonds is 5. The lowest BCUT2D eigenvalue weighted by molar-refractivity contribution is -0.139. The van der Waals surface area contributed by atoms with Gasteiger partial charge >= 0.3 is 5.97 Å². The molecule has 2 heterocycles. The number of thiazole rings is 1. The Labute approximate surface area is 195 Å². The molecule has 0 radical (unpaired) electrons. The highest BCUT2D eigenvalue weighted by molar-refractivity contribution is 7.07. The van der Waals surface area contributed by atoms with Crippen molar-refractivity contribution in [3.8, 4) is 5.75 Å². The highest BCUT2D eigenvalue weighted by atomic mass is 32.1. The normalized spacial score (nSPS) is 15.8. The number of hydrogen-bond acceptors (Lipinski definition) is 7. The first-order valence-electron chi connectivity index (χ1n) is 10.6. The Morgan fingerprint density at radius 1 is 1.18 bits per heavy atom. The minimum Gasteiger partial charge on any atom is -0.508 e. The first-order valence-corrected chi connectivity index (χ1v) is 11.4. The van der Waals surface area contributed by atoms with Crippen LogP contribution in [-0.4, -0.2) is 36.3 Å². The van der Waals surface area contributed by atoms with Crippen LogP contribution >= 0.6 is 11.3 Å². The number of aromatic nitrogens is 1. The van der Waals surface area contributed by atoms with Gasteiger partial charge in [-0.3, -0.25) is 9.36 Å². The molecule has 8 heteroatoms. The van der Waals surface area contributed by atoms with E-state index in [4.69, 9.17) is 4.74 Å². The first-order chi connectivity index (χ1) is 15.8. The van der Waals surface area contributed by atoms with Crippen LogP contribution in [0.25, 0.3) is 6.08 Å². The van der Waals surface area contributed by atoms with Gasteiger partial charge in [-0.05, 0) is 55.3 Å². The van der Waals surface area contributed by atoms with E-state index in [9.17, 15) is 14.7 Å². The number of aromatic hydroxyl groups is 1. The van der Waals surface area contributed by atoms with Crippen molar-refractivity contribution in [3.05, 3.63) is 90.6 Å². The van der Waals surface area contributed by atoms with Gasteiger partial charge in [0, 0.05) is 19.8 Å². The number of ether oxygens (including phenoxy) is 1. The molecule has 1 aromatic heterocycles. The lowest BCUT2D eigenvalue weighted by atomic mass is 9.95. The summed E-state index contributed by atoms with van der Waals surface area (Å²) >= 11 is 1.27. The van der Waals surface area contributed by atoms with Gasteiger partial charge in [0.05, 0.1) is 28.5 Å². The van der Waals surface area contributed by atoms with Crippen molar-refractivity contribution in [1.29, 1.82) is 0 Å². The minimum atomic E-state index is -0.640. The molecule has 0 saturated carbocycles. The van der Waals surface area contributed by atoms with E-state index in [-0.39, 0.29) is 17.9 Å². The van der Waals surface area contributed by atoms with E-state index in [2.05, 4.69) is 4.99 Å². The molecule has 7 nitrogen and oxygen atoms in total. The Balaban J connectivity index is 1.92. The Morgan fingerprint density at radius 2 is 1.85 bits per heavy atom. The van der Waals surface area contributed by atoms with Gasteiger partial charge in [-0.25, -0.2) is 9.79 Å². The highest BCUT2D eigenvalue weighted by Crippen LogP contribution is 2.31. The predicted molar refractivity (Wildman–Crippen MR) is 129 cm³/mol. The molecular formula is C25H25N3O4S. The summed E-state index contributed by atoms with van der Waals surface area (Å²) in [4.78, 5) is 33.5. The summed E-state index contributed by atoms with van der Waals surface area (Å²) in [6.07, 6.45) is 1.76. The Morgan fingerprint density at radius 3 is 2.45 bits per heavy atom. The van der Waals surface area contributed by atoms with Crippen molar-refractivity contribution in [3.63, 3.8) is 0 Å². The molecule has 33 heavy (non-hydrogen) atoms. The summed E-state index contributed by atoms with van der Waals surface area (Å²) in [5.74, 6) is -0.322. The van der Waals surface area contributed by atoms with E-state index in [1.54, 1.807) is 48.8 Å². The molecule has 170 valence electrons. The van der Waals surface area contributed by atoms with E-state index in [0.29, 0.717) is 20.6 Å². The highest BCUT2D eigenvalue weighted by Gasteiger charge is 2.33. The maximum atomic E-state index is 13.5. The zero-order chi connectivity index (χ0) is 23.7. The van der Waals surface area contributed by atoms with Crippen LogP contribution in [0.1, 0.15) is 31.0 Å². The van der Waals surface area contributed by atoms with Crippen molar-refractivity contribution in [1.82, 2.24) is 4.57 Å². The van der Waals surface area contributed by atoms with Gasteiger partial charge in [-0.2, -0.15) is 0 Å². The lowest BCUT2D eigenvalue weighted by Gasteiger charge is -2.25. The largest absolute Gasteiger partial charge is 0.508 e. The van der Waals surface area contributed by atoms with Crippen molar-refractivity contribution < 1.29 is 14.6 Å². The van der Waals surface area contributed by atoms with Crippen molar-refractivity contribution in [2.75, 3.05) is 25.6 Å². The number of anilines is 1. The summed E-state index contributed by atoms with van der Waals surface area (Å²) in [5, 5.41) is 9.53. The quantitative estimate of drug-likeness (QED) is 0.588. The summed E-state index contributed by atoms with van der Waals surface area (Å²) < 4.78 is 7.39. The smallest absolute Gasteiger partial charge is 0.338 e. The van der Waals surface area contributed by atoms with Crippen molar-refractivity contribution >= 4 is 29.1 Å². The number of esters is 1. The number of nitrogens with zero attached hydrogens (tertiary/aromatic N) is 3. The fourth-order valence-corrected chi connectivity index (χ4v) is 4.83. The Hall–Kier alpha value is -3.65. The van der Waals surface area contributed by atoms with Crippen LogP contribution in [0.3, 0.4) is 0 Å². The second-order valence-corrected chi connectivity index (χ2v) is 8.89. The summed E-state index contributed by atoms with van der Waals surface area (Å²) in [6.45, 7) is 3.75. The average Bonchev–Trinajstić information content (AvgIpc) is 3.09. The number of allylic oxidation sites excluding steroid dienone is 1. The molecule has 0 aliphatic carbocycles. The maximum absolute atomic E-state index is 13.5. The summed E-state index contributed by atoms with van der Waals surface area (Å²) in [5.41, 5.74) is 3.26. The zero-order valence-electron chi connectivity index (χ0n) is 18.9. The molecule has 1 aliphatic rings. The molecule has 1 atom stereocenters. The third-order valence-corrected chi connectivity index (χ3v) is 6.42. The van der Waals surface area contributed by atoms with Crippen LogP contribution in [0.5, 0.6) is 5.75 Å². The predicted octanol–water partition coefficient (Wildman–Crippen LogP) is 2.57. The molecule has 0 amide bonds. The molecule has 1 unspecified atom stereocenters. The molecule has 0 bridgehead atoms. The fourth-order valence-electron chi connectivity index (χ4n) is 3.78. The second-order valence-electron chi connectivity index (χ2n) is 7.88. The van der Waals surface area contributed by atoms with Crippen LogP contribution in [0.4, 0.5) is 5.69 Å². The van der Waals surface area contributed by atoms with Gasteiger partial charge in [0.25, 0.3) is 5.56 Å². The van der Waals surface area contributed by atoms with E-state index in [0.717, 1.165) is 16.8 Å². The van der Waals surface area contributed by atoms with E-state index >= 15 is 0 Å². The Bertz CT molecular complexity index is 1400. The van der Waals surface area contributed by atoms with E-state index in [1.165, 1.54) is 11.3 Å². The van der Waals surface area contributed by atoms with Crippen LogP contribution in [0.2, 0.25) is 0 Å². The van der Waals surface area contributed by atoms with Gasteiger partial charge in [-0.15, -0.1) is 0 Å². The molecule has 1 aliphatic heterocycles. The van der Waals surface area contributed by atoms with Crippen LogP contribution < -0.4 is 19.8 Å². The summed E-state index contributed by atoms with van der Waals surface area (Å²) in [7, 11) is 3.91. The third kappa shape index (κ3) is 4.34. The van der Waals surface area contributed by atoms with Crippen LogP contribution in [-0.2, 0) is 9.53 Å². The standard InChI is InChI=1S/C25H25N3O4S/c1-5-32-24(31)21-15(2)26-25-28(22(21)17-8-10-18(11-9-17)27(3)4)23(30)20(33-25)14-16-6-12-19(29)13-7-16/h6-14,22,29H,5H2,1-4H3. The molecule has 0 saturated heterocycles. The molecule has 3 aromatic rings. The molecule has 1 N–H and O–H groups in total. The molecule has 0 spiro atoms. The van der Waals surface area contributed by atoms with Crippen LogP contribution in [0.15, 0.2) is 69.6 Å². The molecular weight excluding hydrogens is 438 g/mol. The SMILES string of the molecule is CCOC(=O)C1=C(C)N=c2sc(=Cc3ccc(O)cc3)c(=O)n2C1c1ccc(N(C)C)cc1. The minimum absolute atomic E-state index is 0.157. The second kappa shape index (κ2) is 9.07. The topological polar surface area (TPSA) is 84.1 Å². The number of fused-ring (bicyclic) bond motifs is 1. The van der Waals surface area contributed by atoms with Crippen molar-refractivity contribution in [2.45, 2.75) is 19.9 Å². The van der Waals surface area contributed by atoms with Gasteiger partial charge in [0.15, 0.2) is 4.80 Å². The zero-order valence-corrected chi connectivity index (χ0v) is 19.7. The maximum Gasteiger partial charge on any atom is 0.338 e. The van der Waals surface area contributed by atoms with Crippen LogP contribution in [0, 0.1) is 0 Å². The third-order valence-electron chi connectivity index (χ3n) is 5.43. The number of benzene rings is 2. The van der Waals surface area contributed by atoms with E-state index in [1.807, 2.05) is 43.3 Å². The number of carbonyl (C=O) groups excluding carboxylic acids is 1. The summed E-state index contributed by atoms with van der Waals surface area (Å²) in [6, 6.07) is 13.7. The van der Waals surface area contributed by atoms with E-state index < -0.39 is 12.0 Å². The molecule has 0 fully saturated rings. The first kappa shape index (κ1) is 22.5. The number of phenolic OH excluding ortho intramolecular Hbond substituents is 1. The van der Waals surface area contributed by atoms with Gasteiger partial charge in [0.1, 0.15) is 5.75 Å². The number of carbonyl (C=O) groups is 1. The number of phenols is 1. The number of hydrogen-bond donors (Lipinski definition) is 1. The Kier molecular flexibility index (Phi) is 6.20. The van der Waals surface area contributed by atoms with Gasteiger partial charge < -0.3 is 14.7 Å². The monoisotopic (exact) mass is 463 g/mol. The fraction of sp³-hybridized carbons (Fsp3) is 0.240. The average molecular weight is 464 g/mol. The molecule has 2 aromatic carbocycles. The van der Waals surface area contributed by atoms with Gasteiger partial charge in [-0.1, -0.05) is 35.6 Å². The molecule has 4 rings (SSSR count). The van der Waals surface area contributed by atoms with Crippen molar-refractivity contribution in [2.24, 2.45) is 4.99 Å².